The first-order valence-corrected chi connectivity index (χ1v) is 5.32. The van der Waals surface area contributed by atoms with Gasteiger partial charge in [0.15, 0.2) is 0 Å². The largest absolute Gasteiger partial charge is 0.393 e. The van der Waals surface area contributed by atoms with Crippen molar-refractivity contribution in [3.63, 3.8) is 0 Å². The summed E-state index contributed by atoms with van der Waals surface area (Å²) in [6.45, 7) is 3.70. The molecule has 13 heavy (non-hydrogen) atoms. The van der Waals surface area contributed by atoms with Gasteiger partial charge in [0.1, 0.15) is 5.78 Å². The fraction of sp³-hybridized carbons (Fsp3) is 0.909. The monoisotopic (exact) mass is 184 g/mol. The molecule has 0 radical (unpaired) electrons. The van der Waals surface area contributed by atoms with Crippen molar-refractivity contribution in [2.24, 2.45) is 11.8 Å². The lowest BCUT2D eigenvalue weighted by Crippen LogP contribution is -2.20. The molecule has 2 heteroatoms. The SMILES string of the molecule is CC(O)C(C)CC(=O)C1CCCC1. The number of rotatable bonds is 4. The summed E-state index contributed by atoms with van der Waals surface area (Å²) in [6, 6.07) is 0. The lowest BCUT2D eigenvalue weighted by Gasteiger charge is -2.15. The van der Waals surface area contributed by atoms with E-state index in [2.05, 4.69) is 0 Å². The molecule has 1 aliphatic rings. The van der Waals surface area contributed by atoms with E-state index in [1.165, 1.54) is 12.8 Å². The molecule has 0 aromatic carbocycles. The molecule has 2 nitrogen and oxygen atoms in total. The van der Waals surface area contributed by atoms with Crippen LogP contribution in [0.2, 0.25) is 0 Å². The van der Waals surface area contributed by atoms with E-state index >= 15 is 0 Å². The zero-order valence-corrected chi connectivity index (χ0v) is 8.62. The van der Waals surface area contributed by atoms with E-state index in [1.807, 2.05) is 6.92 Å². The topological polar surface area (TPSA) is 37.3 Å². The van der Waals surface area contributed by atoms with Crippen LogP contribution in [0.5, 0.6) is 0 Å². The van der Waals surface area contributed by atoms with E-state index in [0.717, 1.165) is 12.8 Å². The molecule has 2 atom stereocenters. The van der Waals surface area contributed by atoms with Gasteiger partial charge in [-0.25, -0.2) is 0 Å². The van der Waals surface area contributed by atoms with Crippen LogP contribution in [0.15, 0.2) is 0 Å². The lowest BCUT2D eigenvalue weighted by molar-refractivity contribution is -0.124. The Morgan fingerprint density at radius 3 is 2.38 bits per heavy atom. The van der Waals surface area contributed by atoms with E-state index in [4.69, 9.17) is 0 Å². The Morgan fingerprint density at radius 1 is 1.38 bits per heavy atom. The van der Waals surface area contributed by atoms with E-state index in [1.54, 1.807) is 6.92 Å². The summed E-state index contributed by atoms with van der Waals surface area (Å²) in [4.78, 5) is 11.6. The third-order valence-corrected chi connectivity index (χ3v) is 3.16. The Morgan fingerprint density at radius 2 is 1.92 bits per heavy atom. The second-order valence-electron chi connectivity index (χ2n) is 4.37. The van der Waals surface area contributed by atoms with Crippen LogP contribution in [-0.2, 0) is 4.79 Å². The molecule has 0 aliphatic heterocycles. The first-order valence-electron chi connectivity index (χ1n) is 5.32. The van der Waals surface area contributed by atoms with Gasteiger partial charge in [0.25, 0.3) is 0 Å². The minimum Gasteiger partial charge on any atom is -0.393 e. The molecular formula is C11H20O2. The molecule has 76 valence electrons. The predicted molar refractivity (Wildman–Crippen MR) is 52.4 cm³/mol. The van der Waals surface area contributed by atoms with Crippen molar-refractivity contribution in [2.45, 2.75) is 52.1 Å². The molecule has 0 heterocycles. The zero-order chi connectivity index (χ0) is 9.84. The number of hydrogen-bond donors (Lipinski definition) is 1. The maximum absolute atomic E-state index is 11.6. The minimum absolute atomic E-state index is 0.119. The van der Waals surface area contributed by atoms with Crippen molar-refractivity contribution in [3.05, 3.63) is 0 Å². The quantitative estimate of drug-likeness (QED) is 0.727. The zero-order valence-electron chi connectivity index (χ0n) is 8.62. The van der Waals surface area contributed by atoms with Gasteiger partial charge in [-0.15, -0.1) is 0 Å². The second kappa shape index (κ2) is 4.75. The normalized spacial score (nSPS) is 23.0. The van der Waals surface area contributed by atoms with Gasteiger partial charge in [-0.1, -0.05) is 19.8 Å². The van der Waals surface area contributed by atoms with Crippen LogP contribution >= 0.6 is 0 Å². The Kier molecular flexibility index (Phi) is 3.91. The number of ketones is 1. The van der Waals surface area contributed by atoms with Crippen LogP contribution in [0.3, 0.4) is 0 Å². The summed E-state index contributed by atoms with van der Waals surface area (Å²) in [5, 5.41) is 9.26. The average Bonchev–Trinajstić information content (AvgIpc) is 2.55. The highest BCUT2D eigenvalue weighted by Crippen LogP contribution is 2.27. The van der Waals surface area contributed by atoms with Gasteiger partial charge >= 0.3 is 0 Å². The van der Waals surface area contributed by atoms with Crippen molar-refractivity contribution in [1.29, 1.82) is 0 Å². The van der Waals surface area contributed by atoms with Gasteiger partial charge in [0.2, 0.25) is 0 Å². The van der Waals surface area contributed by atoms with Gasteiger partial charge in [-0.05, 0) is 25.7 Å². The molecule has 0 aromatic rings. The summed E-state index contributed by atoms with van der Waals surface area (Å²) in [5.74, 6) is 0.792. The van der Waals surface area contributed by atoms with E-state index in [-0.39, 0.29) is 12.0 Å². The van der Waals surface area contributed by atoms with E-state index < -0.39 is 0 Å². The summed E-state index contributed by atoms with van der Waals surface area (Å²) in [5.41, 5.74) is 0. The molecule has 0 amide bonds. The molecule has 0 spiro atoms. The molecule has 2 unspecified atom stereocenters. The van der Waals surface area contributed by atoms with Crippen LogP contribution in [0.1, 0.15) is 46.0 Å². The predicted octanol–water partition coefficient (Wildman–Crippen LogP) is 2.15. The molecule has 1 rings (SSSR count). The van der Waals surface area contributed by atoms with Gasteiger partial charge in [0.05, 0.1) is 6.10 Å². The third-order valence-electron chi connectivity index (χ3n) is 3.16. The second-order valence-corrected chi connectivity index (χ2v) is 4.37. The van der Waals surface area contributed by atoms with Crippen LogP contribution in [0, 0.1) is 11.8 Å². The first kappa shape index (κ1) is 10.7. The van der Waals surface area contributed by atoms with Crippen LogP contribution in [0.4, 0.5) is 0 Å². The fourth-order valence-electron chi connectivity index (χ4n) is 1.90. The molecule has 0 saturated heterocycles. The first-order chi connectivity index (χ1) is 6.11. The van der Waals surface area contributed by atoms with Crippen molar-refractivity contribution >= 4 is 5.78 Å². The van der Waals surface area contributed by atoms with Crippen LogP contribution < -0.4 is 0 Å². The third kappa shape index (κ3) is 3.11. The highest BCUT2D eigenvalue weighted by Gasteiger charge is 2.24. The molecule has 0 aromatic heterocycles. The average molecular weight is 184 g/mol. The summed E-state index contributed by atoms with van der Waals surface area (Å²) in [6.07, 6.45) is 4.77. The maximum Gasteiger partial charge on any atom is 0.136 e. The summed E-state index contributed by atoms with van der Waals surface area (Å²) in [7, 11) is 0. The highest BCUT2D eigenvalue weighted by atomic mass is 16.3. The van der Waals surface area contributed by atoms with Crippen molar-refractivity contribution < 1.29 is 9.90 Å². The Hall–Kier alpha value is -0.370. The molecule has 1 saturated carbocycles. The number of aliphatic hydroxyl groups excluding tert-OH is 1. The Labute approximate surface area is 80.3 Å². The smallest absolute Gasteiger partial charge is 0.136 e. The maximum atomic E-state index is 11.6. The van der Waals surface area contributed by atoms with Gasteiger partial charge < -0.3 is 5.11 Å². The molecule has 1 N–H and O–H groups in total. The summed E-state index contributed by atoms with van der Waals surface area (Å²) < 4.78 is 0. The van der Waals surface area contributed by atoms with E-state index in [9.17, 15) is 9.90 Å². The molecule has 0 bridgehead atoms. The summed E-state index contributed by atoms with van der Waals surface area (Å²) >= 11 is 0. The van der Waals surface area contributed by atoms with Gasteiger partial charge in [0, 0.05) is 12.3 Å². The number of aliphatic hydroxyl groups is 1. The fourth-order valence-corrected chi connectivity index (χ4v) is 1.90. The van der Waals surface area contributed by atoms with Crippen LogP contribution in [0.25, 0.3) is 0 Å². The van der Waals surface area contributed by atoms with E-state index in [0.29, 0.717) is 18.1 Å². The number of hydrogen-bond acceptors (Lipinski definition) is 2. The molecule has 1 fully saturated rings. The lowest BCUT2D eigenvalue weighted by atomic mass is 9.92. The Balaban J connectivity index is 2.31. The van der Waals surface area contributed by atoms with Crippen LogP contribution in [-0.4, -0.2) is 17.0 Å². The van der Waals surface area contributed by atoms with Gasteiger partial charge in [-0.3, -0.25) is 4.79 Å². The number of carbonyl (C=O) groups excluding carboxylic acids is 1. The number of Topliss-reactive ketones (excluding diaryl/α,β-unsaturated/α-hetero) is 1. The highest BCUT2D eigenvalue weighted by molar-refractivity contribution is 5.81. The van der Waals surface area contributed by atoms with Crippen molar-refractivity contribution in [2.75, 3.05) is 0 Å². The molecule has 1 aliphatic carbocycles. The number of carbonyl (C=O) groups is 1. The molecular weight excluding hydrogens is 164 g/mol. The van der Waals surface area contributed by atoms with Gasteiger partial charge in [-0.2, -0.15) is 0 Å². The standard InChI is InChI=1S/C11H20O2/c1-8(9(2)12)7-11(13)10-5-3-4-6-10/h8-10,12H,3-7H2,1-2H3. The minimum atomic E-state index is -0.356. The van der Waals surface area contributed by atoms with Crippen molar-refractivity contribution in [3.8, 4) is 0 Å². The Bertz CT molecular complexity index is 169. The van der Waals surface area contributed by atoms with Crippen molar-refractivity contribution in [1.82, 2.24) is 0 Å².